The van der Waals surface area contributed by atoms with E-state index in [1.165, 1.54) is 0 Å². The van der Waals surface area contributed by atoms with Crippen molar-refractivity contribution < 1.29 is 29.0 Å². The van der Waals surface area contributed by atoms with Crippen molar-refractivity contribution >= 4 is 17.9 Å². The first-order chi connectivity index (χ1) is 8.99. The Balaban J connectivity index is 2.41. The van der Waals surface area contributed by atoms with Gasteiger partial charge in [0.2, 0.25) is 5.91 Å². The third-order valence-corrected chi connectivity index (χ3v) is 2.33. The van der Waals surface area contributed by atoms with E-state index in [1.807, 2.05) is 0 Å². The lowest BCUT2D eigenvalue weighted by atomic mass is 10.3. The number of rotatable bonds is 6. The summed E-state index contributed by atoms with van der Waals surface area (Å²) in [5.41, 5.74) is 4.95. The molecule has 1 heterocycles. The van der Waals surface area contributed by atoms with Gasteiger partial charge in [-0.1, -0.05) is 0 Å². The highest BCUT2D eigenvalue weighted by atomic mass is 16.6. The summed E-state index contributed by atoms with van der Waals surface area (Å²) in [6.45, 7) is 0.428. The molecule has 9 nitrogen and oxygen atoms in total. The average Bonchev–Trinajstić information content (AvgIpc) is 2.35. The van der Waals surface area contributed by atoms with Crippen molar-refractivity contribution in [3.63, 3.8) is 0 Å². The van der Waals surface area contributed by atoms with Crippen LogP contribution in [0.25, 0.3) is 0 Å². The molecule has 3 amide bonds. The maximum absolute atomic E-state index is 11.7. The van der Waals surface area contributed by atoms with Gasteiger partial charge in [-0.2, -0.15) is 0 Å². The lowest BCUT2D eigenvalue weighted by Crippen LogP contribution is -2.49. The van der Waals surface area contributed by atoms with E-state index in [4.69, 9.17) is 20.3 Å². The fraction of sp³-hybridized carbons (Fsp3) is 0.700. The molecule has 1 saturated heterocycles. The Bertz CT molecular complexity index is 326. The van der Waals surface area contributed by atoms with Crippen molar-refractivity contribution in [2.45, 2.75) is 6.10 Å². The number of nitrogens with one attached hydrogen (secondary N) is 1. The Morgan fingerprint density at radius 1 is 1.32 bits per heavy atom. The summed E-state index contributed by atoms with van der Waals surface area (Å²) in [7, 11) is 0. The molecule has 0 radical (unpaired) electrons. The predicted molar refractivity (Wildman–Crippen MR) is 62.4 cm³/mol. The number of hydrogen-bond acceptors (Lipinski definition) is 5. The molecule has 1 aliphatic rings. The maximum Gasteiger partial charge on any atom is 0.323 e. The first-order valence-corrected chi connectivity index (χ1v) is 5.71. The number of aliphatic carboxylic acids is 1. The van der Waals surface area contributed by atoms with Gasteiger partial charge in [0.05, 0.1) is 25.9 Å². The number of carboxylic acids is 1. The van der Waals surface area contributed by atoms with E-state index < -0.39 is 31.0 Å². The number of urea groups is 1. The summed E-state index contributed by atoms with van der Waals surface area (Å²) in [5, 5.41) is 11.1. The van der Waals surface area contributed by atoms with Gasteiger partial charge < -0.3 is 30.5 Å². The van der Waals surface area contributed by atoms with Gasteiger partial charge in [-0.05, 0) is 0 Å². The van der Waals surface area contributed by atoms with Crippen LogP contribution in [-0.4, -0.2) is 73.5 Å². The second-order valence-corrected chi connectivity index (χ2v) is 3.97. The zero-order chi connectivity index (χ0) is 14.3. The molecule has 108 valence electrons. The molecule has 0 aromatic carbocycles. The van der Waals surface area contributed by atoms with E-state index in [9.17, 15) is 14.4 Å². The van der Waals surface area contributed by atoms with Crippen LogP contribution in [0.2, 0.25) is 0 Å². The smallest absolute Gasteiger partial charge is 0.323 e. The zero-order valence-corrected chi connectivity index (χ0v) is 10.3. The number of ether oxygens (including phenoxy) is 2. The van der Waals surface area contributed by atoms with E-state index in [1.54, 1.807) is 0 Å². The lowest BCUT2D eigenvalue weighted by Gasteiger charge is -2.25. The number of primary amides is 1. The second-order valence-electron chi connectivity index (χ2n) is 3.97. The average molecular weight is 275 g/mol. The summed E-state index contributed by atoms with van der Waals surface area (Å²) in [4.78, 5) is 33.9. The van der Waals surface area contributed by atoms with Gasteiger partial charge in [-0.15, -0.1) is 0 Å². The fourth-order valence-corrected chi connectivity index (χ4v) is 1.52. The summed E-state index contributed by atoms with van der Waals surface area (Å²) in [6, 6.07) is -0.685. The minimum absolute atomic E-state index is 0.174. The van der Waals surface area contributed by atoms with Gasteiger partial charge in [0, 0.05) is 6.54 Å². The van der Waals surface area contributed by atoms with Gasteiger partial charge >= 0.3 is 12.0 Å². The molecule has 0 aromatic rings. The molecule has 1 fully saturated rings. The normalized spacial score (nSPS) is 18.6. The first-order valence-electron chi connectivity index (χ1n) is 5.71. The molecule has 0 aromatic heterocycles. The molecule has 0 aliphatic carbocycles. The zero-order valence-electron chi connectivity index (χ0n) is 10.3. The molecular weight excluding hydrogens is 258 g/mol. The highest BCUT2D eigenvalue weighted by Crippen LogP contribution is 1.99. The summed E-state index contributed by atoms with van der Waals surface area (Å²) in [6.07, 6.45) is -0.280. The largest absolute Gasteiger partial charge is 0.480 e. The topological polar surface area (TPSA) is 131 Å². The summed E-state index contributed by atoms with van der Waals surface area (Å²) < 4.78 is 10.4. The van der Waals surface area contributed by atoms with Crippen molar-refractivity contribution in [3.8, 4) is 0 Å². The Morgan fingerprint density at radius 2 is 2.05 bits per heavy atom. The maximum atomic E-state index is 11.7. The molecule has 1 rings (SSSR count). The van der Waals surface area contributed by atoms with E-state index in [0.29, 0.717) is 19.8 Å². The Hall–Kier alpha value is -1.87. The molecule has 4 N–H and O–H groups in total. The number of hydrogen-bond donors (Lipinski definition) is 3. The molecule has 9 heteroatoms. The number of carbonyl (C=O) groups excluding carboxylic acids is 2. The van der Waals surface area contributed by atoms with Crippen LogP contribution in [0.1, 0.15) is 0 Å². The highest BCUT2D eigenvalue weighted by Gasteiger charge is 2.21. The van der Waals surface area contributed by atoms with Gasteiger partial charge in [0.15, 0.2) is 0 Å². The van der Waals surface area contributed by atoms with Crippen LogP contribution in [0, 0.1) is 0 Å². The van der Waals surface area contributed by atoms with E-state index in [2.05, 4.69) is 5.32 Å². The number of nitrogens with zero attached hydrogens (tertiary/aromatic N) is 1. The van der Waals surface area contributed by atoms with Crippen molar-refractivity contribution in [1.82, 2.24) is 10.2 Å². The van der Waals surface area contributed by atoms with Crippen LogP contribution in [-0.2, 0) is 19.1 Å². The van der Waals surface area contributed by atoms with Gasteiger partial charge in [-0.25, -0.2) is 4.79 Å². The number of carboxylic acid groups (broad SMARTS) is 1. The Kier molecular flexibility index (Phi) is 6.03. The van der Waals surface area contributed by atoms with Crippen LogP contribution in [0.4, 0.5) is 4.79 Å². The number of nitrogens with two attached hydrogens (primary N) is 1. The minimum Gasteiger partial charge on any atom is -0.480 e. The number of carbonyl (C=O) groups is 3. The molecule has 1 atom stereocenters. The monoisotopic (exact) mass is 275 g/mol. The molecule has 0 spiro atoms. The fourth-order valence-electron chi connectivity index (χ4n) is 1.52. The van der Waals surface area contributed by atoms with E-state index in [-0.39, 0.29) is 12.6 Å². The van der Waals surface area contributed by atoms with Crippen molar-refractivity contribution in [2.75, 3.05) is 39.5 Å². The van der Waals surface area contributed by atoms with Crippen LogP contribution in [0.3, 0.4) is 0 Å². The first kappa shape index (κ1) is 15.2. The SMILES string of the molecule is NC(=O)CN(CC(=O)O)C(=O)NCC1COCCO1. The standard InChI is InChI=1S/C10H17N3O6/c11-8(14)4-13(5-9(15)16)10(17)12-3-7-6-18-1-2-19-7/h7H,1-6H2,(H2,11,14)(H,12,17)(H,15,16). The van der Waals surface area contributed by atoms with Crippen molar-refractivity contribution in [2.24, 2.45) is 5.73 Å². The molecule has 19 heavy (non-hydrogen) atoms. The lowest BCUT2D eigenvalue weighted by molar-refractivity contribution is -0.137. The predicted octanol–water partition coefficient (Wildman–Crippen LogP) is -2.02. The van der Waals surface area contributed by atoms with E-state index >= 15 is 0 Å². The quantitative estimate of drug-likeness (QED) is 0.513. The molecule has 1 aliphatic heterocycles. The van der Waals surface area contributed by atoms with Crippen LogP contribution >= 0.6 is 0 Å². The van der Waals surface area contributed by atoms with Crippen LogP contribution < -0.4 is 11.1 Å². The third kappa shape index (κ3) is 6.02. The molecule has 1 unspecified atom stereocenters. The number of amides is 3. The van der Waals surface area contributed by atoms with Crippen LogP contribution in [0.15, 0.2) is 0 Å². The van der Waals surface area contributed by atoms with Crippen LogP contribution in [0.5, 0.6) is 0 Å². The summed E-state index contributed by atoms with van der Waals surface area (Å²) in [5.74, 6) is -2.01. The van der Waals surface area contributed by atoms with Gasteiger partial charge in [0.1, 0.15) is 13.1 Å². The second kappa shape index (κ2) is 7.54. The van der Waals surface area contributed by atoms with Crippen molar-refractivity contribution in [3.05, 3.63) is 0 Å². The van der Waals surface area contributed by atoms with Gasteiger partial charge in [0.25, 0.3) is 0 Å². The third-order valence-electron chi connectivity index (χ3n) is 2.33. The molecule has 0 saturated carbocycles. The Morgan fingerprint density at radius 3 is 2.58 bits per heavy atom. The Labute approximate surface area is 109 Å². The molecule has 0 bridgehead atoms. The van der Waals surface area contributed by atoms with Gasteiger partial charge in [-0.3, -0.25) is 9.59 Å². The van der Waals surface area contributed by atoms with Crippen molar-refractivity contribution in [1.29, 1.82) is 0 Å². The molecular formula is C10H17N3O6. The summed E-state index contributed by atoms with van der Waals surface area (Å²) >= 11 is 0. The minimum atomic E-state index is -1.23. The van der Waals surface area contributed by atoms with E-state index in [0.717, 1.165) is 4.90 Å². The highest BCUT2D eigenvalue weighted by molar-refractivity contribution is 5.85.